The van der Waals surface area contributed by atoms with Crippen LogP contribution in [-0.4, -0.2) is 41.1 Å². The molecule has 2 aromatic heterocycles. The number of fused-ring (bicyclic) bond motifs is 1. The average molecular weight is 379 g/mol. The summed E-state index contributed by atoms with van der Waals surface area (Å²) in [5.74, 6) is 0.735. The number of rotatable bonds is 4. The standard InChI is InChI=1S/C20H21N5O3/c1-28-15-5-3-2-4-13(15)14-6-9-22-18-16(14)19(27)24-20(23-18)25-10-7-12(8-11-25)17(21)26/h2-6,9,12H,7-8,10-11H2,1H3,(H2,21,26)(H,22,23,24,27). The molecule has 0 unspecified atom stereocenters. The number of aromatic amines is 1. The van der Waals surface area contributed by atoms with Gasteiger partial charge in [-0.15, -0.1) is 0 Å². The van der Waals surface area contributed by atoms with Crippen molar-refractivity contribution >= 4 is 22.9 Å². The SMILES string of the molecule is COc1ccccc1-c1ccnc2nc(N3CCC(C(N)=O)CC3)[nH]c(=O)c12. The Kier molecular flexibility index (Phi) is 4.68. The van der Waals surface area contributed by atoms with Gasteiger partial charge >= 0.3 is 0 Å². The lowest BCUT2D eigenvalue weighted by atomic mass is 9.96. The van der Waals surface area contributed by atoms with Gasteiger partial charge < -0.3 is 15.4 Å². The normalized spacial score (nSPS) is 15.0. The van der Waals surface area contributed by atoms with E-state index in [1.807, 2.05) is 29.2 Å². The molecule has 3 N–H and O–H groups in total. The van der Waals surface area contributed by atoms with Gasteiger partial charge in [0.2, 0.25) is 11.9 Å². The van der Waals surface area contributed by atoms with Gasteiger partial charge in [0.05, 0.1) is 12.5 Å². The highest BCUT2D eigenvalue weighted by Gasteiger charge is 2.25. The lowest BCUT2D eigenvalue weighted by molar-refractivity contribution is -0.122. The van der Waals surface area contributed by atoms with E-state index in [0.717, 1.165) is 11.1 Å². The van der Waals surface area contributed by atoms with Gasteiger partial charge in [0.1, 0.15) is 5.75 Å². The van der Waals surface area contributed by atoms with Crippen molar-refractivity contribution in [1.29, 1.82) is 0 Å². The van der Waals surface area contributed by atoms with Gasteiger partial charge in [-0.1, -0.05) is 18.2 Å². The molecule has 0 aliphatic carbocycles. The minimum absolute atomic E-state index is 0.126. The van der Waals surface area contributed by atoms with Crippen LogP contribution in [0.25, 0.3) is 22.2 Å². The van der Waals surface area contributed by atoms with Crippen molar-refractivity contribution in [3.63, 3.8) is 0 Å². The maximum absolute atomic E-state index is 12.9. The van der Waals surface area contributed by atoms with Gasteiger partial charge in [-0.25, -0.2) is 4.98 Å². The number of nitrogens with one attached hydrogen (secondary N) is 1. The van der Waals surface area contributed by atoms with Crippen molar-refractivity contribution in [3.8, 4) is 16.9 Å². The number of amides is 1. The number of nitrogens with zero attached hydrogens (tertiary/aromatic N) is 3. The molecule has 4 rings (SSSR count). The Labute approximate surface area is 161 Å². The Balaban J connectivity index is 1.75. The fourth-order valence-electron chi connectivity index (χ4n) is 3.67. The minimum Gasteiger partial charge on any atom is -0.496 e. The maximum Gasteiger partial charge on any atom is 0.262 e. The van der Waals surface area contributed by atoms with Gasteiger partial charge in [0, 0.05) is 36.3 Å². The highest BCUT2D eigenvalue weighted by molar-refractivity contribution is 5.93. The van der Waals surface area contributed by atoms with Crippen LogP contribution in [0.2, 0.25) is 0 Å². The highest BCUT2D eigenvalue weighted by Crippen LogP contribution is 2.32. The molecule has 1 amide bonds. The van der Waals surface area contributed by atoms with Crippen molar-refractivity contribution < 1.29 is 9.53 Å². The number of hydrogen-bond acceptors (Lipinski definition) is 6. The summed E-state index contributed by atoms with van der Waals surface area (Å²) in [6.45, 7) is 1.21. The maximum atomic E-state index is 12.9. The lowest BCUT2D eigenvalue weighted by Crippen LogP contribution is -2.40. The summed E-state index contributed by atoms with van der Waals surface area (Å²) in [5, 5.41) is 0.419. The lowest BCUT2D eigenvalue weighted by Gasteiger charge is -2.30. The van der Waals surface area contributed by atoms with E-state index in [2.05, 4.69) is 15.0 Å². The first-order chi connectivity index (χ1) is 13.6. The average Bonchev–Trinajstić information content (AvgIpc) is 2.73. The first-order valence-electron chi connectivity index (χ1n) is 9.15. The molecule has 1 aromatic carbocycles. The van der Waals surface area contributed by atoms with Crippen LogP contribution in [-0.2, 0) is 4.79 Å². The van der Waals surface area contributed by atoms with E-state index in [4.69, 9.17) is 10.5 Å². The van der Waals surface area contributed by atoms with Gasteiger partial charge in [-0.2, -0.15) is 4.98 Å². The Morgan fingerprint density at radius 2 is 1.96 bits per heavy atom. The number of H-pyrrole nitrogens is 1. The quantitative estimate of drug-likeness (QED) is 0.713. The third-order valence-electron chi connectivity index (χ3n) is 5.19. The van der Waals surface area contributed by atoms with Crippen molar-refractivity contribution in [2.45, 2.75) is 12.8 Å². The van der Waals surface area contributed by atoms with E-state index < -0.39 is 0 Å². The molecular formula is C20H21N5O3. The van der Waals surface area contributed by atoms with E-state index in [9.17, 15) is 9.59 Å². The largest absolute Gasteiger partial charge is 0.496 e. The first kappa shape index (κ1) is 18.0. The molecule has 8 heteroatoms. The van der Waals surface area contributed by atoms with Crippen LogP contribution < -0.4 is 20.9 Å². The molecule has 0 bridgehead atoms. The zero-order valence-corrected chi connectivity index (χ0v) is 15.5. The zero-order chi connectivity index (χ0) is 19.7. The molecule has 3 aromatic rings. The summed E-state index contributed by atoms with van der Waals surface area (Å²) >= 11 is 0. The summed E-state index contributed by atoms with van der Waals surface area (Å²) in [6.07, 6.45) is 2.93. The molecule has 0 radical (unpaired) electrons. The predicted molar refractivity (Wildman–Crippen MR) is 106 cm³/mol. The van der Waals surface area contributed by atoms with Crippen molar-refractivity contribution in [2.24, 2.45) is 11.7 Å². The third-order valence-corrected chi connectivity index (χ3v) is 5.19. The molecule has 0 saturated carbocycles. The number of para-hydroxylation sites is 1. The van der Waals surface area contributed by atoms with Gasteiger partial charge in [0.25, 0.3) is 5.56 Å². The number of methoxy groups -OCH3 is 1. The van der Waals surface area contributed by atoms with Crippen molar-refractivity contribution in [3.05, 3.63) is 46.9 Å². The van der Waals surface area contributed by atoms with Crippen LogP contribution >= 0.6 is 0 Å². The van der Waals surface area contributed by atoms with Crippen molar-refractivity contribution in [1.82, 2.24) is 15.0 Å². The Morgan fingerprint density at radius 1 is 1.21 bits per heavy atom. The Hall–Kier alpha value is -3.42. The van der Waals surface area contributed by atoms with Gasteiger partial charge in [-0.3, -0.25) is 14.6 Å². The van der Waals surface area contributed by atoms with E-state index in [0.29, 0.717) is 48.7 Å². The predicted octanol–water partition coefficient (Wildman–Crippen LogP) is 1.70. The van der Waals surface area contributed by atoms with Crippen LogP contribution in [0.15, 0.2) is 41.3 Å². The number of anilines is 1. The number of aromatic nitrogens is 3. The highest BCUT2D eigenvalue weighted by atomic mass is 16.5. The van der Waals surface area contributed by atoms with Crippen LogP contribution in [0, 0.1) is 5.92 Å². The van der Waals surface area contributed by atoms with E-state index in [1.54, 1.807) is 19.4 Å². The Bertz CT molecular complexity index is 1090. The molecule has 1 aliphatic rings. The zero-order valence-electron chi connectivity index (χ0n) is 15.5. The summed E-state index contributed by atoms with van der Waals surface area (Å²) in [4.78, 5) is 38.0. The van der Waals surface area contributed by atoms with Crippen LogP contribution in [0.5, 0.6) is 5.75 Å². The monoisotopic (exact) mass is 379 g/mol. The number of nitrogens with two attached hydrogens (primary N) is 1. The molecule has 1 fully saturated rings. The van der Waals surface area contributed by atoms with E-state index >= 15 is 0 Å². The second kappa shape index (κ2) is 7.30. The van der Waals surface area contributed by atoms with Crippen molar-refractivity contribution in [2.75, 3.05) is 25.1 Å². The number of pyridine rings is 1. The second-order valence-corrected chi connectivity index (χ2v) is 6.81. The molecule has 0 atom stereocenters. The molecule has 8 nitrogen and oxygen atoms in total. The number of primary amides is 1. The smallest absolute Gasteiger partial charge is 0.262 e. The fraction of sp³-hybridized carbons (Fsp3) is 0.300. The summed E-state index contributed by atoms with van der Waals surface area (Å²) in [6, 6.07) is 9.30. The summed E-state index contributed by atoms with van der Waals surface area (Å²) in [7, 11) is 1.60. The third kappa shape index (κ3) is 3.17. The van der Waals surface area contributed by atoms with Gasteiger partial charge in [0.15, 0.2) is 5.65 Å². The number of carbonyl (C=O) groups is 1. The topological polar surface area (TPSA) is 114 Å². The summed E-state index contributed by atoms with van der Waals surface area (Å²) < 4.78 is 5.44. The van der Waals surface area contributed by atoms with Gasteiger partial charge in [-0.05, 0) is 25.0 Å². The first-order valence-corrected chi connectivity index (χ1v) is 9.15. The fourth-order valence-corrected chi connectivity index (χ4v) is 3.67. The Morgan fingerprint density at radius 3 is 2.68 bits per heavy atom. The molecule has 144 valence electrons. The number of hydrogen-bond donors (Lipinski definition) is 2. The molecule has 1 saturated heterocycles. The number of ether oxygens (including phenoxy) is 1. The van der Waals surface area contributed by atoms with E-state index in [-0.39, 0.29) is 17.4 Å². The molecular weight excluding hydrogens is 358 g/mol. The molecule has 28 heavy (non-hydrogen) atoms. The van der Waals surface area contributed by atoms with Crippen LogP contribution in [0.4, 0.5) is 5.95 Å². The van der Waals surface area contributed by atoms with E-state index in [1.165, 1.54) is 0 Å². The molecule has 3 heterocycles. The number of carbonyl (C=O) groups excluding carboxylic acids is 1. The second-order valence-electron chi connectivity index (χ2n) is 6.81. The minimum atomic E-state index is -0.275. The number of piperidine rings is 1. The molecule has 0 spiro atoms. The van der Waals surface area contributed by atoms with Crippen LogP contribution in [0.3, 0.4) is 0 Å². The van der Waals surface area contributed by atoms with Crippen LogP contribution in [0.1, 0.15) is 12.8 Å². The number of benzene rings is 1. The summed E-state index contributed by atoms with van der Waals surface area (Å²) in [5.41, 5.74) is 7.03. The molecule has 1 aliphatic heterocycles.